The lowest BCUT2D eigenvalue weighted by atomic mass is 10.0. The summed E-state index contributed by atoms with van der Waals surface area (Å²) in [6.07, 6.45) is 0. The maximum Gasteiger partial charge on any atom is 0.193 e. The van der Waals surface area contributed by atoms with E-state index >= 15 is 0 Å². The summed E-state index contributed by atoms with van der Waals surface area (Å²) in [7, 11) is 0. The smallest absolute Gasteiger partial charge is 0.193 e. The van der Waals surface area contributed by atoms with Crippen molar-refractivity contribution in [2.45, 2.75) is 0 Å². The van der Waals surface area contributed by atoms with E-state index in [1.165, 1.54) is 48.5 Å². The van der Waals surface area contributed by atoms with Gasteiger partial charge in [0.1, 0.15) is 34.6 Å². The van der Waals surface area contributed by atoms with E-state index in [2.05, 4.69) is 0 Å². The molecule has 0 aliphatic rings. The van der Waals surface area contributed by atoms with Crippen LogP contribution in [0.3, 0.4) is 0 Å². The average molecular weight is 611 g/mol. The highest BCUT2D eigenvalue weighted by Gasteiger charge is 2.13. The van der Waals surface area contributed by atoms with Gasteiger partial charge in [-0.15, -0.1) is 0 Å². The standard InChI is InChI=1S/C39H24F2O5/c40-31-13-1-25(2-14-31)37(42)27-5-17-33(18-6-27)45-35-21-9-29(10-22-35)39(44)30-11-23-36(24-12-30)46-34-19-7-28(8-20-34)38(43)26-3-15-32(41)16-4-26/h1-24H. The van der Waals surface area contributed by atoms with Crippen molar-refractivity contribution in [1.82, 2.24) is 0 Å². The first-order chi connectivity index (χ1) is 22.3. The van der Waals surface area contributed by atoms with E-state index in [9.17, 15) is 23.2 Å². The van der Waals surface area contributed by atoms with Crippen LogP contribution in [0.2, 0.25) is 0 Å². The third-order valence-electron chi connectivity index (χ3n) is 7.15. The molecule has 0 unspecified atom stereocenters. The maximum atomic E-state index is 13.2. The molecule has 7 heteroatoms. The molecule has 0 bridgehead atoms. The number of benzene rings is 6. The molecule has 0 saturated carbocycles. The number of carbonyl (C=O) groups excluding carboxylic acids is 3. The molecule has 6 aromatic carbocycles. The van der Waals surface area contributed by atoms with Crippen LogP contribution >= 0.6 is 0 Å². The number of hydrogen-bond acceptors (Lipinski definition) is 5. The van der Waals surface area contributed by atoms with Crippen molar-refractivity contribution in [3.63, 3.8) is 0 Å². The van der Waals surface area contributed by atoms with E-state index in [0.717, 1.165) is 0 Å². The molecule has 0 amide bonds. The Morgan fingerprint density at radius 1 is 0.304 bits per heavy atom. The quantitative estimate of drug-likeness (QED) is 0.145. The minimum Gasteiger partial charge on any atom is -0.457 e. The molecule has 6 rings (SSSR count). The van der Waals surface area contributed by atoms with Gasteiger partial charge in [0.2, 0.25) is 0 Å². The lowest BCUT2D eigenvalue weighted by Crippen LogP contribution is -2.02. The Labute approximate surface area is 263 Å². The van der Waals surface area contributed by atoms with Crippen molar-refractivity contribution in [2.75, 3.05) is 0 Å². The van der Waals surface area contributed by atoms with Crippen LogP contribution in [0.25, 0.3) is 0 Å². The number of halogens is 2. The highest BCUT2D eigenvalue weighted by Crippen LogP contribution is 2.26. The SMILES string of the molecule is O=C(c1ccc(F)cc1)c1ccc(Oc2ccc(C(=O)c3ccc(Oc4ccc(C(=O)c5ccc(F)cc5)cc4)cc3)cc2)cc1. The summed E-state index contributed by atoms with van der Waals surface area (Å²) >= 11 is 0. The van der Waals surface area contributed by atoms with Crippen LogP contribution in [0.5, 0.6) is 23.0 Å². The normalized spacial score (nSPS) is 10.7. The fraction of sp³-hybridized carbons (Fsp3) is 0. The summed E-state index contributed by atoms with van der Waals surface area (Å²) in [5.74, 6) is 0.630. The van der Waals surface area contributed by atoms with Crippen molar-refractivity contribution in [1.29, 1.82) is 0 Å². The second-order valence-electron chi connectivity index (χ2n) is 10.3. The molecule has 0 fully saturated rings. The topological polar surface area (TPSA) is 69.7 Å². The van der Waals surface area contributed by atoms with Crippen LogP contribution in [0, 0.1) is 11.6 Å². The van der Waals surface area contributed by atoms with Gasteiger partial charge in [-0.1, -0.05) is 0 Å². The predicted molar refractivity (Wildman–Crippen MR) is 169 cm³/mol. The zero-order chi connectivity index (χ0) is 32.0. The molecule has 0 radical (unpaired) electrons. The minimum atomic E-state index is -0.406. The largest absolute Gasteiger partial charge is 0.457 e. The summed E-state index contributed by atoms with van der Waals surface area (Å²) in [5.41, 5.74) is 2.63. The van der Waals surface area contributed by atoms with Gasteiger partial charge in [-0.2, -0.15) is 0 Å². The third kappa shape index (κ3) is 6.95. The Balaban J connectivity index is 1.04. The van der Waals surface area contributed by atoms with Crippen LogP contribution in [-0.4, -0.2) is 17.3 Å². The monoisotopic (exact) mass is 610 g/mol. The summed E-state index contributed by atoms with van der Waals surface area (Å²) in [6, 6.07) is 37.4. The van der Waals surface area contributed by atoms with Crippen LogP contribution in [0.15, 0.2) is 146 Å². The molecule has 5 nitrogen and oxygen atoms in total. The maximum absolute atomic E-state index is 13.2. The first-order valence-electron chi connectivity index (χ1n) is 14.2. The van der Waals surface area contributed by atoms with Gasteiger partial charge in [0.05, 0.1) is 0 Å². The van der Waals surface area contributed by atoms with E-state index in [4.69, 9.17) is 9.47 Å². The zero-order valence-electron chi connectivity index (χ0n) is 24.2. The number of ketones is 3. The first kappa shape index (κ1) is 29.8. The van der Waals surface area contributed by atoms with Crippen molar-refractivity contribution in [2.24, 2.45) is 0 Å². The Bertz CT molecular complexity index is 1850. The van der Waals surface area contributed by atoms with Gasteiger partial charge in [0.15, 0.2) is 17.3 Å². The van der Waals surface area contributed by atoms with Gasteiger partial charge >= 0.3 is 0 Å². The lowest BCUT2D eigenvalue weighted by Gasteiger charge is -2.09. The van der Waals surface area contributed by atoms with Crippen molar-refractivity contribution >= 4 is 17.3 Å². The molecular weight excluding hydrogens is 586 g/mol. The zero-order valence-corrected chi connectivity index (χ0v) is 24.2. The average Bonchev–Trinajstić information content (AvgIpc) is 3.09. The molecule has 6 aromatic rings. The predicted octanol–water partition coefficient (Wildman–Crippen LogP) is 9.24. The van der Waals surface area contributed by atoms with E-state index in [1.807, 2.05) is 0 Å². The second kappa shape index (κ2) is 13.2. The van der Waals surface area contributed by atoms with Crippen molar-refractivity contribution in [3.8, 4) is 23.0 Å². The third-order valence-corrected chi connectivity index (χ3v) is 7.15. The first-order valence-corrected chi connectivity index (χ1v) is 14.2. The highest BCUT2D eigenvalue weighted by molar-refractivity contribution is 6.10. The van der Waals surface area contributed by atoms with Crippen LogP contribution < -0.4 is 9.47 Å². The second-order valence-corrected chi connectivity index (χ2v) is 10.3. The van der Waals surface area contributed by atoms with Crippen LogP contribution in [0.1, 0.15) is 47.8 Å². The van der Waals surface area contributed by atoms with E-state index in [1.54, 1.807) is 97.1 Å². The molecule has 0 heterocycles. The number of hydrogen-bond donors (Lipinski definition) is 0. The Kier molecular flexibility index (Phi) is 8.56. The van der Waals surface area contributed by atoms with Gasteiger partial charge in [-0.05, 0) is 146 Å². The molecule has 46 heavy (non-hydrogen) atoms. The molecule has 0 atom stereocenters. The van der Waals surface area contributed by atoms with Gasteiger partial charge in [0, 0.05) is 33.4 Å². The molecular formula is C39H24F2O5. The van der Waals surface area contributed by atoms with Crippen molar-refractivity contribution < 1.29 is 32.6 Å². The highest BCUT2D eigenvalue weighted by atomic mass is 19.1. The van der Waals surface area contributed by atoms with Crippen LogP contribution in [0.4, 0.5) is 8.78 Å². The van der Waals surface area contributed by atoms with E-state index in [-0.39, 0.29) is 17.3 Å². The summed E-state index contributed by atoms with van der Waals surface area (Å²) in [4.78, 5) is 38.3. The molecule has 224 valence electrons. The molecule has 0 N–H and O–H groups in total. The van der Waals surface area contributed by atoms with Crippen LogP contribution in [-0.2, 0) is 0 Å². The Hall–Kier alpha value is -6.21. The Morgan fingerprint density at radius 3 is 0.674 bits per heavy atom. The van der Waals surface area contributed by atoms with E-state index in [0.29, 0.717) is 56.4 Å². The summed E-state index contributed by atoms with van der Waals surface area (Å²) in [5, 5.41) is 0. The Morgan fingerprint density at radius 2 is 0.478 bits per heavy atom. The van der Waals surface area contributed by atoms with Gasteiger partial charge < -0.3 is 9.47 Å². The van der Waals surface area contributed by atoms with Gasteiger partial charge in [0.25, 0.3) is 0 Å². The molecule has 0 spiro atoms. The molecule has 0 aromatic heterocycles. The summed E-state index contributed by atoms with van der Waals surface area (Å²) < 4.78 is 38.1. The van der Waals surface area contributed by atoms with Gasteiger partial charge in [-0.3, -0.25) is 14.4 Å². The number of carbonyl (C=O) groups is 3. The molecule has 0 aliphatic carbocycles. The number of ether oxygens (including phenoxy) is 2. The fourth-order valence-electron chi connectivity index (χ4n) is 4.67. The molecule has 0 aliphatic heterocycles. The number of rotatable bonds is 10. The summed E-state index contributed by atoms with van der Waals surface area (Å²) in [6.45, 7) is 0. The van der Waals surface area contributed by atoms with Gasteiger partial charge in [-0.25, -0.2) is 8.78 Å². The van der Waals surface area contributed by atoms with E-state index < -0.39 is 11.6 Å². The van der Waals surface area contributed by atoms with Crippen molar-refractivity contribution in [3.05, 3.63) is 191 Å². The lowest BCUT2D eigenvalue weighted by molar-refractivity contribution is 0.103. The fourth-order valence-corrected chi connectivity index (χ4v) is 4.67. The molecule has 0 saturated heterocycles. The minimum absolute atomic E-state index is 0.176.